The lowest BCUT2D eigenvalue weighted by atomic mass is 10.1. The molecule has 1 aliphatic heterocycles. The van der Waals surface area contributed by atoms with Gasteiger partial charge in [-0.15, -0.1) is 0 Å². The van der Waals surface area contributed by atoms with Crippen molar-refractivity contribution < 1.29 is 14.7 Å². The zero-order valence-electron chi connectivity index (χ0n) is 9.06. The Labute approximate surface area is 93.5 Å². The smallest absolute Gasteiger partial charge is 0.335 e. The number of carbonyl (C=O) groups is 2. The molecule has 0 unspecified atom stereocenters. The van der Waals surface area contributed by atoms with E-state index in [1.807, 2.05) is 6.92 Å². The van der Waals surface area contributed by atoms with Gasteiger partial charge in [0.05, 0.1) is 5.56 Å². The first kappa shape index (κ1) is 10.7. The highest BCUT2D eigenvalue weighted by Crippen LogP contribution is 2.23. The highest BCUT2D eigenvalue weighted by atomic mass is 16.4. The van der Waals surface area contributed by atoms with Crippen LogP contribution < -0.4 is 0 Å². The van der Waals surface area contributed by atoms with Crippen molar-refractivity contribution in [3.63, 3.8) is 0 Å². The molecule has 0 saturated carbocycles. The molecule has 0 bridgehead atoms. The Balaban J connectivity index is 2.33. The number of carbonyl (C=O) groups excluding carboxylic acids is 1. The maximum Gasteiger partial charge on any atom is 0.335 e. The second kappa shape index (κ2) is 3.96. The lowest BCUT2D eigenvalue weighted by molar-refractivity contribution is 0.0696. The third-order valence-electron chi connectivity index (χ3n) is 2.72. The first-order chi connectivity index (χ1) is 7.63. The number of benzene rings is 1. The van der Waals surface area contributed by atoms with E-state index >= 15 is 0 Å². The molecule has 0 atom stereocenters. The SMILES string of the molecule is CCCN1Cc2cc(C(=O)O)ccc2C1=O. The molecule has 0 aliphatic carbocycles. The molecule has 4 nitrogen and oxygen atoms in total. The Morgan fingerprint density at radius 3 is 2.88 bits per heavy atom. The van der Waals surface area contributed by atoms with E-state index in [1.54, 1.807) is 17.0 Å². The van der Waals surface area contributed by atoms with Gasteiger partial charge in [-0.3, -0.25) is 4.79 Å². The molecule has 1 amide bonds. The molecule has 16 heavy (non-hydrogen) atoms. The molecule has 84 valence electrons. The van der Waals surface area contributed by atoms with Crippen LogP contribution in [0.3, 0.4) is 0 Å². The van der Waals surface area contributed by atoms with Crippen molar-refractivity contribution in [1.82, 2.24) is 4.90 Å². The summed E-state index contributed by atoms with van der Waals surface area (Å²) >= 11 is 0. The van der Waals surface area contributed by atoms with Crippen molar-refractivity contribution >= 4 is 11.9 Å². The quantitative estimate of drug-likeness (QED) is 0.842. The van der Waals surface area contributed by atoms with Crippen molar-refractivity contribution in [2.45, 2.75) is 19.9 Å². The van der Waals surface area contributed by atoms with E-state index in [0.29, 0.717) is 12.1 Å². The lowest BCUT2D eigenvalue weighted by Gasteiger charge is -2.13. The van der Waals surface area contributed by atoms with Crippen molar-refractivity contribution in [3.05, 3.63) is 34.9 Å². The van der Waals surface area contributed by atoms with Crippen LogP contribution in [-0.2, 0) is 6.54 Å². The van der Waals surface area contributed by atoms with Crippen LogP contribution in [0.15, 0.2) is 18.2 Å². The summed E-state index contributed by atoms with van der Waals surface area (Å²) in [6.07, 6.45) is 0.908. The summed E-state index contributed by atoms with van der Waals surface area (Å²) in [7, 11) is 0. The third-order valence-corrected chi connectivity index (χ3v) is 2.72. The first-order valence-corrected chi connectivity index (χ1v) is 5.29. The number of hydrogen-bond acceptors (Lipinski definition) is 2. The topological polar surface area (TPSA) is 57.6 Å². The van der Waals surface area contributed by atoms with Crippen LogP contribution in [0.2, 0.25) is 0 Å². The van der Waals surface area contributed by atoms with Gasteiger partial charge in [0.25, 0.3) is 5.91 Å². The second-order valence-electron chi connectivity index (χ2n) is 3.90. The number of rotatable bonds is 3. The van der Waals surface area contributed by atoms with E-state index in [1.165, 1.54) is 6.07 Å². The predicted octanol–water partition coefficient (Wildman–Crippen LogP) is 1.75. The summed E-state index contributed by atoms with van der Waals surface area (Å²) in [5.74, 6) is -0.946. The molecule has 1 aliphatic rings. The van der Waals surface area contributed by atoms with E-state index in [-0.39, 0.29) is 11.5 Å². The van der Waals surface area contributed by atoms with Crippen LogP contribution in [-0.4, -0.2) is 28.4 Å². The number of nitrogens with zero attached hydrogens (tertiary/aromatic N) is 1. The molecule has 1 aromatic rings. The zero-order valence-corrected chi connectivity index (χ0v) is 9.06. The molecule has 1 heterocycles. The molecule has 4 heteroatoms. The monoisotopic (exact) mass is 219 g/mol. The van der Waals surface area contributed by atoms with Gasteiger partial charge in [-0.25, -0.2) is 4.79 Å². The number of hydrogen-bond donors (Lipinski definition) is 1. The summed E-state index contributed by atoms with van der Waals surface area (Å²) in [4.78, 5) is 24.4. The molecule has 0 radical (unpaired) electrons. The largest absolute Gasteiger partial charge is 0.478 e. The van der Waals surface area contributed by atoms with Gasteiger partial charge in [0, 0.05) is 18.7 Å². The van der Waals surface area contributed by atoms with Gasteiger partial charge in [0.1, 0.15) is 0 Å². The Morgan fingerprint density at radius 2 is 2.25 bits per heavy atom. The Bertz CT molecular complexity index is 454. The van der Waals surface area contributed by atoms with E-state index in [2.05, 4.69) is 0 Å². The van der Waals surface area contributed by atoms with Gasteiger partial charge in [-0.1, -0.05) is 6.92 Å². The van der Waals surface area contributed by atoms with Crippen LogP contribution in [0, 0.1) is 0 Å². The predicted molar refractivity (Wildman–Crippen MR) is 58.4 cm³/mol. The molecule has 1 N–H and O–H groups in total. The van der Waals surface area contributed by atoms with Gasteiger partial charge in [0.15, 0.2) is 0 Å². The van der Waals surface area contributed by atoms with Gasteiger partial charge < -0.3 is 10.0 Å². The van der Waals surface area contributed by atoms with Crippen molar-refractivity contribution in [2.24, 2.45) is 0 Å². The summed E-state index contributed by atoms with van der Waals surface area (Å²) in [6.45, 7) is 3.26. The maximum absolute atomic E-state index is 11.8. The molecule has 1 aromatic carbocycles. The highest BCUT2D eigenvalue weighted by molar-refractivity contribution is 5.99. The molecule has 0 spiro atoms. The Hall–Kier alpha value is -1.84. The van der Waals surface area contributed by atoms with Crippen molar-refractivity contribution in [2.75, 3.05) is 6.54 Å². The van der Waals surface area contributed by atoms with Crippen LogP contribution >= 0.6 is 0 Å². The first-order valence-electron chi connectivity index (χ1n) is 5.29. The summed E-state index contributed by atoms with van der Waals surface area (Å²) < 4.78 is 0. The third kappa shape index (κ3) is 1.66. The minimum Gasteiger partial charge on any atom is -0.478 e. The van der Waals surface area contributed by atoms with Crippen molar-refractivity contribution in [3.8, 4) is 0 Å². The van der Waals surface area contributed by atoms with Crippen LogP contribution in [0.1, 0.15) is 39.6 Å². The van der Waals surface area contributed by atoms with E-state index in [9.17, 15) is 9.59 Å². The van der Waals surface area contributed by atoms with Gasteiger partial charge >= 0.3 is 5.97 Å². The molecule has 0 saturated heterocycles. The fourth-order valence-corrected chi connectivity index (χ4v) is 1.96. The normalized spacial score (nSPS) is 14.1. The number of aromatic carboxylic acids is 1. The lowest BCUT2D eigenvalue weighted by Crippen LogP contribution is -2.24. The Morgan fingerprint density at radius 1 is 1.50 bits per heavy atom. The summed E-state index contributed by atoms with van der Waals surface area (Å²) in [5.41, 5.74) is 1.70. The van der Waals surface area contributed by atoms with Crippen LogP contribution in [0.4, 0.5) is 0 Å². The minimum atomic E-state index is -0.954. The van der Waals surface area contributed by atoms with Gasteiger partial charge in [-0.05, 0) is 30.2 Å². The average molecular weight is 219 g/mol. The number of carboxylic acid groups (broad SMARTS) is 1. The second-order valence-corrected chi connectivity index (χ2v) is 3.90. The molecule has 0 fully saturated rings. The molecule has 2 rings (SSSR count). The standard InChI is InChI=1S/C12H13NO3/c1-2-5-13-7-9-6-8(12(15)16)3-4-10(9)11(13)14/h3-4,6H,2,5,7H2,1H3,(H,15,16). The highest BCUT2D eigenvalue weighted by Gasteiger charge is 2.27. The fraction of sp³-hybridized carbons (Fsp3) is 0.333. The zero-order chi connectivity index (χ0) is 11.7. The van der Waals surface area contributed by atoms with E-state index in [0.717, 1.165) is 18.5 Å². The number of carboxylic acids is 1. The molecular formula is C12H13NO3. The average Bonchev–Trinajstić information content (AvgIpc) is 2.56. The van der Waals surface area contributed by atoms with Gasteiger partial charge in [0.2, 0.25) is 0 Å². The van der Waals surface area contributed by atoms with E-state index < -0.39 is 5.97 Å². The Kier molecular flexibility index (Phi) is 2.64. The number of amides is 1. The van der Waals surface area contributed by atoms with Crippen LogP contribution in [0.25, 0.3) is 0 Å². The fourth-order valence-electron chi connectivity index (χ4n) is 1.96. The molecular weight excluding hydrogens is 206 g/mol. The molecule has 0 aromatic heterocycles. The van der Waals surface area contributed by atoms with Crippen molar-refractivity contribution in [1.29, 1.82) is 0 Å². The maximum atomic E-state index is 11.8. The minimum absolute atomic E-state index is 0.00814. The van der Waals surface area contributed by atoms with E-state index in [4.69, 9.17) is 5.11 Å². The van der Waals surface area contributed by atoms with Crippen LogP contribution in [0.5, 0.6) is 0 Å². The van der Waals surface area contributed by atoms with Gasteiger partial charge in [-0.2, -0.15) is 0 Å². The summed E-state index contributed by atoms with van der Waals surface area (Å²) in [6, 6.07) is 4.68. The summed E-state index contributed by atoms with van der Waals surface area (Å²) in [5, 5.41) is 8.85. The number of fused-ring (bicyclic) bond motifs is 1.